The lowest BCUT2D eigenvalue weighted by Gasteiger charge is -2.18. The number of carboxylic acids is 1. The molecule has 1 amide bonds. The van der Waals surface area contributed by atoms with Gasteiger partial charge in [-0.1, -0.05) is 48.5 Å². The predicted molar refractivity (Wildman–Crippen MR) is 93.0 cm³/mol. The fourth-order valence-electron chi connectivity index (χ4n) is 4.20. The number of amides is 1. The van der Waals surface area contributed by atoms with Crippen molar-refractivity contribution in [3.05, 3.63) is 70.8 Å². The van der Waals surface area contributed by atoms with Crippen molar-refractivity contribution in [2.45, 2.75) is 36.8 Å². The summed E-state index contributed by atoms with van der Waals surface area (Å²) < 4.78 is 0. The topological polar surface area (TPSA) is 92.4 Å². The molecule has 2 aromatic rings. The van der Waals surface area contributed by atoms with Crippen LogP contribution in [0.3, 0.4) is 0 Å². The second-order valence-corrected chi connectivity index (χ2v) is 6.84. The van der Waals surface area contributed by atoms with Crippen molar-refractivity contribution in [3.63, 3.8) is 0 Å². The number of carbonyl (C=O) groups is 2. The molecule has 0 aliphatic heterocycles. The van der Waals surface area contributed by atoms with Crippen molar-refractivity contribution < 1.29 is 14.7 Å². The Morgan fingerprint density at radius 2 is 1.44 bits per heavy atom. The summed E-state index contributed by atoms with van der Waals surface area (Å²) in [5, 5.41) is 12.5. The van der Waals surface area contributed by atoms with Gasteiger partial charge in [0.15, 0.2) is 0 Å². The van der Waals surface area contributed by atoms with Crippen LogP contribution in [0, 0.1) is 0 Å². The molecule has 2 aliphatic rings. The lowest BCUT2D eigenvalue weighted by molar-refractivity contribution is -0.139. The molecular weight excluding hydrogens is 316 g/mol. The second kappa shape index (κ2) is 6.01. The molecule has 5 heteroatoms. The van der Waals surface area contributed by atoms with E-state index in [-0.39, 0.29) is 23.9 Å². The molecule has 5 nitrogen and oxygen atoms in total. The molecule has 0 saturated heterocycles. The Morgan fingerprint density at radius 1 is 0.880 bits per heavy atom. The standard InChI is InChI=1S/C20H20N2O3/c21-17-9-15(11-5-1-3-7-13(11)17)19(23)22-18-10-16(20(24)25)12-6-2-4-8-14(12)18/h1-8,15-18H,9-10,21H2,(H,22,23)(H,24,25). The van der Waals surface area contributed by atoms with Gasteiger partial charge in [0.25, 0.3) is 0 Å². The van der Waals surface area contributed by atoms with E-state index < -0.39 is 11.9 Å². The summed E-state index contributed by atoms with van der Waals surface area (Å²) in [6.07, 6.45) is 0.975. The van der Waals surface area contributed by atoms with Gasteiger partial charge < -0.3 is 16.2 Å². The van der Waals surface area contributed by atoms with Crippen LogP contribution >= 0.6 is 0 Å². The monoisotopic (exact) mass is 336 g/mol. The SMILES string of the molecule is NC1CC(C(=O)NC2CC(C(=O)O)c3ccccc32)c2ccccc21. The quantitative estimate of drug-likeness (QED) is 0.803. The highest BCUT2D eigenvalue weighted by Gasteiger charge is 2.39. The lowest BCUT2D eigenvalue weighted by atomic mass is 9.99. The zero-order valence-electron chi connectivity index (χ0n) is 13.7. The normalized spacial score (nSPS) is 26.8. The summed E-state index contributed by atoms with van der Waals surface area (Å²) in [7, 11) is 0. The van der Waals surface area contributed by atoms with Crippen LogP contribution in [0.1, 0.15) is 59.0 Å². The Morgan fingerprint density at radius 3 is 2.08 bits per heavy atom. The molecule has 0 fully saturated rings. The van der Waals surface area contributed by atoms with Crippen molar-refractivity contribution in [3.8, 4) is 0 Å². The summed E-state index contributed by atoms with van der Waals surface area (Å²) in [5.41, 5.74) is 9.87. The van der Waals surface area contributed by atoms with Crippen LogP contribution in [-0.2, 0) is 9.59 Å². The van der Waals surface area contributed by atoms with Gasteiger partial charge in [-0.15, -0.1) is 0 Å². The van der Waals surface area contributed by atoms with E-state index in [9.17, 15) is 14.7 Å². The molecule has 0 aromatic heterocycles. The first kappa shape index (κ1) is 15.8. The summed E-state index contributed by atoms with van der Waals surface area (Å²) in [5.74, 6) is -1.77. The molecule has 0 radical (unpaired) electrons. The number of nitrogens with two attached hydrogens (primary N) is 1. The number of aliphatic carboxylic acids is 1. The van der Waals surface area contributed by atoms with E-state index in [0.29, 0.717) is 12.8 Å². The minimum Gasteiger partial charge on any atom is -0.481 e. The summed E-state index contributed by atoms with van der Waals surface area (Å²) in [6.45, 7) is 0. The summed E-state index contributed by atoms with van der Waals surface area (Å²) >= 11 is 0. The van der Waals surface area contributed by atoms with Crippen molar-refractivity contribution in [2.24, 2.45) is 5.73 Å². The molecule has 128 valence electrons. The van der Waals surface area contributed by atoms with E-state index in [1.165, 1.54) is 0 Å². The largest absolute Gasteiger partial charge is 0.481 e. The van der Waals surface area contributed by atoms with E-state index in [0.717, 1.165) is 22.3 Å². The number of hydrogen-bond donors (Lipinski definition) is 3. The smallest absolute Gasteiger partial charge is 0.311 e. The molecule has 4 rings (SSSR count). The highest BCUT2D eigenvalue weighted by molar-refractivity contribution is 5.86. The molecule has 2 aliphatic carbocycles. The second-order valence-electron chi connectivity index (χ2n) is 6.84. The van der Waals surface area contributed by atoms with Gasteiger partial charge in [0.1, 0.15) is 0 Å². The Labute approximate surface area is 145 Å². The van der Waals surface area contributed by atoms with Gasteiger partial charge in [-0.3, -0.25) is 9.59 Å². The maximum Gasteiger partial charge on any atom is 0.311 e. The Balaban J connectivity index is 1.58. The van der Waals surface area contributed by atoms with Crippen LogP contribution in [0.25, 0.3) is 0 Å². The summed E-state index contributed by atoms with van der Waals surface area (Å²) in [6, 6.07) is 14.8. The van der Waals surface area contributed by atoms with Gasteiger partial charge in [-0.05, 0) is 35.1 Å². The highest BCUT2D eigenvalue weighted by atomic mass is 16.4. The lowest BCUT2D eigenvalue weighted by Crippen LogP contribution is -2.31. The van der Waals surface area contributed by atoms with Crippen LogP contribution in [0.15, 0.2) is 48.5 Å². The first-order valence-corrected chi connectivity index (χ1v) is 8.52. The van der Waals surface area contributed by atoms with E-state index in [1.807, 2.05) is 48.5 Å². The van der Waals surface area contributed by atoms with Crippen molar-refractivity contribution in [1.82, 2.24) is 5.32 Å². The summed E-state index contributed by atoms with van der Waals surface area (Å²) in [4.78, 5) is 24.4. The zero-order valence-corrected chi connectivity index (χ0v) is 13.7. The minimum absolute atomic E-state index is 0.0776. The molecule has 0 spiro atoms. The Hall–Kier alpha value is -2.66. The highest BCUT2D eigenvalue weighted by Crippen LogP contribution is 2.42. The van der Waals surface area contributed by atoms with Crippen molar-refractivity contribution in [2.75, 3.05) is 0 Å². The third kappa shape index (κ3) is 2.61. The minimum atomic E-state index is -0.850. The molecule has 0 heterocycles. The molecular formula is C20H20N2O3. The molecule has 4 atom stereocenters. The molecule has 25 heavy (non-hydrogen) atoms. The van der Waals surface area contributed by atoms with Gasteiger partial charge in [0.05, 0.1) is 17.9 Å². The fourth-order valence-corrected chi connectivity index (χ4v) is 4.20. The Bertz CT molecular complexity index is 848. The number of carbonyl (C=O) groups excluding carboxylic acids is 1. The molecule has 0 bridgehead atoms. The van der Waals surface area contributed by atoms with Crippen LogP contribution in [0.4, 0.5) is 0 Å². The fraction of sp³-hybridized carbons (Fsp3) is 0.300. The van der Waals surface area contributed by atoms with E-state index in [1.54, 1.807) is 0 Å². The number of benzene rings is 2. The van der Waals surface area contributed by atoms with Crippen LogP contribution in [0.2, 0.25) is 0 Å². The van der Waals surface area contributed by atoms with E-state index in [2.05, 4.69) is 5.32 Å². The Kier molecular flexibility index (Phi) is 3.81. The van der Waals surface area contributed by atoms with Crippen molar-refractivity contribution >= 4 is 11.9 Å². The van der Waals surface area contributed by atoms with Gasteiger partial charge in [-0.25, -0.2) is 0 Å². The first-order valence-electron chi connectivity index (χ1n) is 8.52. The number of carboxylic acid groups (broad SMARTS) is 1. The van der Waals surface area contributed by atoms with Crippen LogP contribution < -0.4 is 11.1 Å². The molecule has 0 saturated carbocycles. The van der Waals surface area contributed by atoms with Gasteiger partial charge >= 0.3 is 5.97 Å². The third-order valence-electron chi connectivity index (χ3n) is 5.41. The average Bonchev–Trinajstić information content (AvgIpc) is 3.14. The van der Waals surface area contributed by atoms with E-state index in [4.69, 9.17) is 5.73 Å². The first-order chi connectivity index (χ1) is 12.1. The van der Waals surface area contributed by atoms with Crippen LogP contribution in [-0.4, -0.2) is 17.0 Å². The predicted octanol–water partition coefficient (Wildman–Crippen LogP) is 2.60. The van der Waals surface area contributed by atoms with Gasteiger partial charge in [0.2, 0.25) is 5.91 Å². The van der Waals surface area contributed by atoms with Crippen molar-refractivity contribution in [1.29, 1.82) is 0 Å². The van der Waals surface area contributed by atoms with E-state index >= 15 is 0 Å². The number of hydrogen-bond acceptors (Lipinski definition) is 3. The van der Waals surface area contributed by atoms with Gasteiger partial charge in [0, 0.05) is 6.04 Å². The zero-order chi connectivity index (χ0) is 17.6. The number of nitrogens with one attached hydrogen (secondary N) is 1. The van der Waals surface area contributed by atoms with Gasteiger partial charge in [-0.2, -0.15) is 0 Å². The third-order valence-corrected chi connectivity index (χ3v) is 5.41. The number of fused-ring (bicyclic) bond motifs is 2. The molecule has 2 aromatic carbocycles. The maximum atomic E-state index is 12.9. The molecule has 4 unspecified atom stereocenters. The average molecular weight is 336 g/mol. The molecule has 4 N–H and O–H groups in total. The van der Waals surface area contributed by atoms with Crippen LogP contribution in [0.5, 0.6) is 0 Å². The maximum absolute atomic E-state index is 12.9. The number of rotatable bonds is 3.